The number of aromatic nitrogens is 6. The van der Waals surface area contributed by atoms with E-state index in [9.17, 15) is 9.90 Å². The molecular weight excluding hydrogens is 510 g/mol. The number of H-pyrrole nitrogens is 1. The van der Waals surface area contributed by atoms with E-state index >= 15 is 0 Å². The molecule has 0 radical (unpaired) electrons. The van der Waals surface area contributed by atoms with Gasteiger partial charge >= 0.3 is 0 Å². The number of hydrogen-bond donors (Lipinski definition) is 4. The number of likely N-dealkylation sites (tertiary alicyclic amines) is 1. The standard InChI is InChI=1S/C25H26ClN9O3/c1-3-21(36)29-16-9-15(12-35(2)13-16)25-32-23(34-38-25)14-7-8-20(27-10-14)31-24(37)19-6-4-5-18(30-19)22-17(26)11-28-33-22/h3-8,10-11,15-16,21,29,36H,1,9,12-13H2,2H3,(H,28,33)(H,27,31,37)/t15-,16+,21?/m1/s1. The number of piperidine rings is 1. The quantitative estimate of drug-likeness (QED) is 0.195. The number of aliphatic hydroxyl groups excluding tert-OH is 1. The number of likely N-dealkylation sites (N-methyl/N-ethyl adjacent to an activating group) is 1. The number of carbonyl (C=O) groups excluding carboxylic acids is 1. The molecule has 13 heteroatoms. The molecule has 0 bridgehead atoms. The van der Waals surface area contributed by atoms with E-state index in [2.05, 4.69) is 52.4 Å². The van der Waals surface area contributed by atoms with Crippen molar-refractivity contribution in [2.24, 2.45) is 0 Å². The van der Waals surface area contributed by atoms with Crippen LogP contribution in [-0.2, 0) is 0 Å². The van der Waals surface area contributed by atoms with Crippen molar-refractivity contribution in [3.63, 3.8) is 0 Å². The van der Waals surface area contributed by atoms with Gasteiger partial charge < -0.3 is 19.8 Å². The van der Waals surface area contributed by atoms with Crippen LogP contribution in [0.1, 0.15) is 28.7 Å². The molecule has 1 aliphatic rings. The number of pyridine rings is 2. The number of carbonyl (C=O) groups is 1. The number of halogens is 1. The summed E-state index contributed by atoms with van der Waals surface area (Å²) in [6.07, 6.45) is 4.46. The molecule has 5 rings (SSSR count). The van der Waals surface area contributed by atoms with Crippen molar-refractivity contribution in [3.05, 3.63) is 72.0 Å². The van der Waals surface area contributed by atoms with Crippen LogP contribution in [0.25, 0.3) is 22.8 Å². The maximum absolute atomic E-state index is 12.8. The molecule has 0 spiro atoms. The van der Waals surface area contributed by atoms with E-state index in [-0.39, 0.29) is 17.7 Å². The van der Waals surface area contributed by atoms with E-state index in [1.807, 2.05) is 7.05 Å². The fourth-order valence-electron chi connectivity index (χ4n) is 4.38. The van der Waals surface area contributed by atoms with E-state index in [0.717, 1.165) is 19.5 Å². The molecule has 0 aromatic carbocycles. The summed E-state index contributed by atoms with van der Waals surface area (Å²) in [5.41, 5.74) is 1.88. The molecule has 0 saturated carbocycles. The van der Waals surface area contributed by atoms with E-state index < -0.39 is 12.1 Å². The van der Waals surface area contributed by atoms with Crippen molar-refractivity contribution in [1.82, 2.24) is 40.5 Å². The van der Waals surface area contributed by atoms with Gasteiger partial charge in [0.2, 0.25) is 11.7 Å². The van der Waals surface area contributed by atoms with Gasteiger partial charge in [0.1, 0.15) is 23.4 Å². The van der Waals surface area contributed by atoms with E-state index in [0.29, 0.717) is 39.5 Å². The lowest BCUT2D eigenvalue weighted by atomic mass is 9.94. The summed E-state index contributed by atoms with van der Waals surface area (Å²) in [6.45, 7) is 5.15. The lowest BCUT2D eigenvalue weighted by Crippen LogP contribution is -2.49. The first-order chi connectivity index (χ1) is 18.4. The Morgan fingerprint density at radius 2 is 2.16 bits per heavy atom. The van der Waals surface area contributed by atoms with Gasteiger partial charge in [0, 0.05) is 30.9 Å². The summed E-state index contributed by atoms with van der Waals surface area (Å²) in [5, 5.41) is 26.9. The van der Waals surface area contributed by atoms with E-state index in [1.54, 1.807) is 36.5 Å². The van der Waals surface area contributed by atoms with Gasteiger partial charge in [0.05, 0.1) is 22.8 Å². The van der Waals surface area contributed by atoms with Crippen LogP contribution in [0.3, 0.4) is 0 Å². The molecule has 1 unspecified atom stereocenters. The van der Waals surface area contributed by atoms with E-state index in [4.69, 9.17) is 16.1 Å². The van der Waals surface area contributed by atoms with Crippen LogP contribution < -0.4 is 10.6 Å². The number of nitrogens with zero attached hydrogens (tertiary/aromatic N) is 6. The SMILES string of the molecule is C=CC(O)N[C@H]1C[C@@H](c2nc(-c3ccc(NC(=O)c4cccc(-c5[nH]ncc5Cl)n4)nc3)no2)CN(C)C1. The second kappa shape index (κ2) is 11.2. The zero-order valence-corrected chi connectivity index (χ0v) is 21.3. The second-order valence-electron chi connectivity index (χ2n) is 9.04. The van der Waals surface area contributed by atoms with Gasteiger partial charge in [-0.1, -0.05) is 29.4 Å². The normalized spacial score (nSPS) is 18.7. The van der Waals surface area contributed by atoms with Crippen LogP contribution >= 0.6 is 11.6 Å². The predicted molar refractivity (Wildman–Crippen MR) is 140 cm³/mol. The van der Waals surface area contributed by atoms with Gasteiger partial charge in [0.25, 0.3) is 5.91 Å². The Balaban J connectivity index is 1.24. The number of aliphatic hydroxyl groups is 1. The topological polar surface area (TPSA) is 158 Å². The van der Waals surface area contributed by atoms with Crippen LogP contribution in [0.4, 0.5) is 5.82 Å². The number of amides is 1. The first-order valence-electron chi connectivity index (χ1n) is 11.9. The Kier molecular flexibility index (Phi) is 7.56. The van der Waals surface area contributed by atoms with Crippen molar-refractivity contribution in [2.75, 3.05) is 25.5 Å². The highest BCUT2D eigenvalue weighted by molar-refractivity contribution is 6.32. The molecule has 38 heavy (non-hydrogen) atoms. The highest BCUT2D eigenvalue weighted by Crippen LogP contribution is 2.28. The minimum Gasteiger partial charge on any atom is -0.375 e. The van der Waals surface area contributed by atoms with Gasteiger partial charge in [-0.3, -0.25) is 15.2 Å². The van der Waals surface area contributed by atoms with Crippen molar-refractivity contribution in [2.45, 2.75) is 24.6 Å². The summed E-state index contributed by atoms with van der Waals surface area (Å²) in [7, 11) is 2.01. The molecule has 12 nitrogen and oxygen atoms in total. The lowest BCUT2D eigenvalue weighted by Gasteiger charge is -2.35. The molecule has 1 aliphatic heterocycles. The zero-order valence-electron chi connectivity index (χ0n) is 20.5. The van der Waals surface area contributed by atoms with Crippen molar-refractivity contribution in [3.8, 4) is 22.8 Å². The van der Waals surface area contributed by atoms with Gasteiger partial charge in [-0.25, -0.2) is 9.97 Å². The van der Waals surface area contributed by atoms with Gasteiger partial charge in [-0.05, 0) is 43.8 Å². The van der Waals surface area contributed by atoms with Crippen LogP contribution in [0.2, 0.25) is 5.02 Å². The summed E-state index contributed by atoms with van der Waals surface area (Å²) >= 11 is 6.10. The molecule has 1 saturated heterocycles. The Morgan fingerprint density at radius 3 is 2.89 bits per heavy atom. The molecule has 1 amide bonds. The Hall–Kier alpha value is -3.97. The summed E-state index contributed by atoms with van der Waals surface area (Å²) < 4.78 is 5.57. The smallest absolute Gasteiger partial charge is 0.275 e. The summed E-state index contributed by atoms with van der Waals surface area (Å²) in [4.78, 5) is 28.2. The Labute approximate surface area is 223 Å². The maximum Gasteiger partial charge on any atom is 0.275 e. The van der Waals surface area contributed by atoms with Gasteiger partial charge in [0.15, 0.2) is 0 Å². The lowest BCUT2D eigenvalue weighted by molar-refractivity contribution is 0.102. The third-order valence-electron chi connectivity index (χ3n) is 6.15. The van der Waals surface area contributed by atoms with Gasteiger partial charge in [-0.15, -0.1) is 0 Å². The number of rotatable bonds is 8. The van der Waals surface area contributed by atoms with Gasteiger partial charge in [-0.2, -0.15) is 10.1 Å². The van der Waals surface area contributed by atoms with E-state index in [1.165, 1.54) is 12.3 Å². The molecule has 3 atom stereocenters. The van der Waals surface area contributed by atoms with Crippen molar-refractivity contribution in [1.29, 1.82) is 0 Å². The molecule has 0 aliphatic carbocycles. The van der Waals surface area contributed by atoms with Crippen molar-refractivity contribution >= 4 is 23.3 Å². The predicted octanol–water partition coefficient (Wildman–Crippen LogP) is 2.70. The molecular formula is C25H26ClN9O3. The monoisotopic (exact) mass is 535 g/mol. The largest absolute Gasteiger partial charge is 0.375 e. The third kappa shape index (κ3) is 5.78. The molecule has 4 aromatic heterocycles. The highest BCUT2D eigenvalue weighted by Gasteiger charge is 2.31. The van der Waals surface area contributed by atoms with Crippen LogP contribution in [0.5, 0.6) is 0 Å². The molecule has 1 fully saturated rings. The number of hydrogen-bond acceptors (Lipinski definition) is 10. The molecule has 5 heterocycles. The van der Waals surface area contributed by atoms with Crippen LogP contribution in [0.15, 0.2) is 59.9 Å². The second-order valence-corrected chi connectivity index (χ2v) is 9.45. The first kappa shape index (κ1) is 25.7. The summed E-state index contributed by atoms with van der Waals surface area (Å²) in [5.74, 6) is 0.858. The average Bonchev–Trinajstić information content (AvgIpc) is 3.58. The Bertz CT molecular complexity index is 1420. The number of anilines is 1. The van der Waals surface area contributed by atoms with Crippen LogP contribution in [-0.4, -0.2) is 78.6 Å². The highest BCUT2D eigenvalue weighted by atomic mass is 35.5. The Morgan fingerprint density at radius 1 is 1.29 bits per heavy atom. The number of aromatic amines is 1. The fraction of sp³-hybridized carbons (Fsp3) is 0.280. The fourth-order valence-corrected chi connectivity index (χ4v) is 4.57. The van der Waals surface area contributed by atoms with Crippen LogP contribution in [0, 0.1) is 0 Å². The average molecular weight is 536 g/mol. The minimum absolute atomic E-state index is 0.0101. The third-order valence-corrected chi connectivity index (χ3v) is 6.43. The minimum atomic E-state index is -0.773. The van der Waals surface area contributed by atoms with Crippen molar-refractivity contribution < 1.29 is 14.4 Å². The first-order valence-corrected chi connectivity index (χ1v) is 12.3. The maximum atomic E-state index is 12.8. The molecule has 4 N–H and O–H groups in total. The number of nitrogens with one attached hydrogen (secondary N) is 3. The summed E-state index contributed by atoms with van der Waals surface area (Å²) in [6, 6.07) is 8.50. The molecule has 4 aromatic rings. The molecule has 196 valence electrons. The zero-order chi connectivity index (χ0) is 26.6.